The molecule has 1 saturated carbocycles. The number of rotatable bonds is 5. The highest BCUT2D eigenvalue weighted by Gasteiger charge is 2.58. The Morgan fingerprint density at radius 1 is 1.32 bits per heavy atom. The lowest BCUT2D eigenvalue weighted by Gasteiger charge is -2.20. The van der Waals surface area contributed by atoms with E-state index in [9.17, 15) is 14.7 Å². The molecule has 1 aromatic heterocycles. The van der Waals surface area contributed by atoms with Crippen molar-refractivity contribution in [2.24, 2.45) is 5.41 Å². The van der Waals surface area contributed by atoms with Crippen LogP contribution in [0.15, 0.2) is 42.7 Å². The largest absolute Gasteiger partial charge is 0.480 e. The molecule has 0 atom stereocenters. The fourth-order valence-corrected chi connectivity index (χ4v) is 2.52. The van der Waals surface area contributed by atoms with E-state index in [-0.39, 0.29) is 5.91 Å². The second-order valence-electron chi connectivity index (χ2n) is 5.68. The van der Waals surface area contributed by atoms with Crippen molar-refractivity contribution in [2.75, 3.05) is 7.05 Å². The van der Waals surface area contributed by atoms with Gasteiger partial charge in [0.05, 0.1) is 11.9 Å². The number of benzene rings is 1. The Bertz CT molecular complexity index is 704. The minimum absolute atomic E-state index is 0.326. The molecule has 0 radical (unpaired) electrons. The molecule has 22 heavy (non-hydrogen) atoms. The molecule has 6 nitrogen and oxygen atoms in total. The predicted octanol–water partition coefficient (Wildman–Crippen LogP) is 1.70. The third-order valence-electron chi connectivity index (χ3n) is 3.99. The van der Waals surface area contributed by atoms with E-state index in [1.165, 1.54) is 4.90 Å². The number of carboxylic acids is 1. The standard InChI is InChI=1S/C16H17N3O3/c1-18(14(20)16(7-8-16)15(21)22)10-12-9-17-19(11-12)13-5-3-2-4-6-13/h2-6,9,11H,7-8,10H2,1H3,(H,21,22). The summed E-state index contributed by atoms with van der Waals surface area (Å²) < 4.78 is 1.73. The van der Waals surface area contributed by atoms with Crippen LogP contribution in [0.25, 0.3) is 5.69 Å². The van der Waals surface area contributed by atoms with Gasteiger partial charge in [-0.25, -0.2) is 4.68 Å². The van der Waals surface area contributed by atoms with E-state index >= 15 is 0 Å². The molecule has 0 unspecified atom stereocenters. The zero-order valence-electron chi connectivity index (χ0n) is 12.3. The summed E-state index contributed by atoms with van der Waals surface area (Å²) in [6, 6.07) is 9.66. The highest BCUT2D eigenvalue weighted by molar-refractivity contribution is 6.04. The first-order valence-electron chi connectivity index (χ1n) is 7.11. The normalized spacial score (nSPS) is 15.3. The topological polar surface area (TPSA) is 75.4 Å². The Labute approximate surface area is 128 Å². The van der Waals surface area contributed by atoms with Gasteiger partial charge in [0, 0.05) is 25.4 Å². The van der Waals surface area contributed by atoms with Crippen molar-refractivity contribution in [3.63, 3.8) is 0 Å². The maximum absolute atomic E-state index is 12.3. The summed E-state index contributed by atoms with van der Waals surface area (Å²) in [6.45, 7) is 0.348. The highest BCUT2D eigenvalue weighted by Crippen LogP contribution is 2.47. The lowest BCUT2D eigenvalue weighted by molar-refractivity contribution is -0.153. The number of nitrogens with zero attached hydrogens (tertiary/aromatic N) is 3. The van der Waals surface area contributed by atoms with Crippen molar-refractivity contribution in [3.8, 4) is 5.69 Å². The minimum atomic E-state index is -1.19. The molecule has 1 fully saturated rings. The van der Waals surface area contributed by atoms with Crippen LogP contribution in [0, 0.1) is 5.41 Å². The number of aliphatic carboxylic acids is 1. The molecule has 114 valence electrons. The summed E-state index contributed by atoms with van der Waals surface area (Å²) in [4.78, 5) is 24.9. The zero-order chi connectivity index (χ0) is 15.7. The van der Waals surface area contributed by atoms with Crippen molar-refractivity contribution in [3.05, 3.63) is 48.3 Å². The van der Waals surface area contributed by atoms with Gasteiger partial charge in [-0.1, -0.05) is 18.2 Å². The van der Waals surface area contributed by atoms with E-state index in [1.54, 1.807) is 17.9 Å². The van der Waals surface area contributed by atoms with E-state index in [0.717, 1.165) is 11.3 Å². The number of aromatic nitrogens is 2. The summed E-state index contributed by atoms with van der Waals surface area (Å²) in [5, 5.41) is 13.5. The van der Waals surface area contributed by atoms with E-state index in [4.69, 9.17) is 0 Å². The van der Waals surface area contributed by atoms with Gasteiger partial charge in [-0.3, -0.25) is 9.59 Å². The minimum Gasteiger partial charge on any atom is -0.480 e. The number of hydrogen-bond acceptors (Lipinski definition) is 3. The quantitative estimate of drug-likeness (QED) is 0.853. The predicted molar refractivity (Wildman–Crippen MR) is 79.3 cm³/mol. The first-order valence-corrected chi connectivity index (χ1v) is 7.11. The molecule has 2 aromatic rings. The van der Waals surface area contributed by atoms with Gasteiger partial charge in [0.1, 0.15) is 5.41 Å². The Hall–Kier alpha value is -2.63. The summed E-state index contributed by atoms with van der Waals surface area (Å²) >= 11 is 0. The second kappa shape index (κ2) is 5.29. The molecule has 0 saturated heterocycles. The molecule has 0 spiro atoms. The molecule has 0 bridgehead atoms. The molecule has 1 aliphatic carbocycles. The molecule has 1 amide bonds. The van der Waals surface area contributed by atoms with Crippen molar-refractivity contribution < 1.29 is 14.7 Å². The Kier molecular flexibility index (Phi) is 3.44. The number of amides is 1. The fourth-order valence-electron chi connectivity index (χ4n) is 2.52. The van der Waals surface area contributed by atoms with Gasteiger partial charge in [0.2, 0.25) is 5.91 Å². The van der Waals surface area contributed by atoms with Crippen LogP contribution in [0.2, 0.25) is 0 Å². The third-order valence-corrected chi connectivity index (χ3v) is 3.99. The summed E-state index contributed by atoms with van der Waals surface area (Å²) in [5.74, 6) is -1.35. The van der Waals surface area contributed by atoms with E-state index in [1.807, 2.05) is 36.5 Å². The lowest BCUT2D eigenvalue weighted by atomic mass is 10.1. The Morgan fingerprint density at radius 3 is 2.59 bits per heavy atom. The van der Waals surface area contributed by atoms with Gasteiger partial charge in [0.25, 0.3) is 0 Å². The molecule has 6 heteroatoms. The van der Waals surface area contributed by atoms with Crippen LogP contribution < -0.4 is 0 Å². The monoisotopic (exact) mass is 299 g/mol. The van der Waals surface area contributed by atoms with Gasteiger partial charge in [-0.15, -0.1) is 0 Å². The van der Waals surface area contributed by atoms with Crippen LogP contribution in [-0.2, 0) is 16.1 Å². The first-order chi connectivity index (χ1) is 10.5. The van der Waals surface area contributed by atoms with Crippen LogP contribution in [-0.4, -0.2) is 38.7 Å². The van der Waals surface area contributed by atoms with Gasteiger partial charge in [-0.05, 0) is 25.0 Å². The van der Waals surface area contributed by atoms with E-state index in [0.29, 0.717) is 19.4 Å². The zero-order valence-corrected chi connectivity index (χ0v) is 12.3. The number of hydrogen-bond donors (Lipinski definition) is 1. The summed E-state index contributed by atoms with van der Waals surface area (Å²) in [5.41, 5.74) is 0.609. The Balaban J connectivity index is 1.70. The maximum Gasteiger partial charge on any atom is 0.319 e. The van der Waals surface area contributed by atoms with Gasteiger partial charge in [0.15, 0.2) is 0 Å². The number of para-hydroxylation sites is 1. The van der Waals surface area contributed by atoms with Crippen LogP contribution in [0.4, 0.5) is 0 Å². The molecule has 3 rings (SSSR count). The van der Waals surface area contributed by atoms with Crippen LogP contribution >= 0.6 is 0 Å². The van der Waals surface area contributed by atoms with E-state index < -0.39 is 11.4 Å². The summed E-state index contributed by atoms with van der Waals surface area (Å²) in [7, 11) is 1.63. The number of carbonyl (C=O) groups is 2. The lowest BCUT2D eigenvalue weighted by Crippen LogP contribution is -2.38. The van der Waals surface area contributed by atoms with Crippen LogP contribution in [0.5, 0.6) is 0 Å². The van der Waals surface area contributed by atoms with Gasteiger partial charge < -0.3 is 10.0 Å². The summed E-state index contributed by atoms with van der Waals surface area (Å²) in [6.07, 6.45) is 4.39. The van der Waals surface area contributed by atoms with Crippen molar-refractivity contribution in [1.82, 2.24) is 14.7 Å². The Morgan fingerprint density at radius 2 is 2.00 bits per heavy atom. The molecular formula is C16H17N3O3. The third kappa shape index (κ3) is 2.47. The molecular weight excluding hydrogens is 282 g/mol. The highest BCUT2D eigenvalue weighted by atomic mass is 16.4. The molecule has 1 heterocycles. The van der Waals surface area contributed by atoms with E-state index in [2.05, 4.69) is 5.10 Å². The van der Waals surface area contributed by atoms with Crippen molar-refractivity contribution in [1.29, 1.82) is 0 Å². The molecule has 1 N–H and O–H groups in total. The maximum atomic E-state index is 12.3. The molecule has 1 aromatic carbocycles. The molecule has 0 aliphatic heterocycles. The second-order valence-corrected chi connectivity index (χ2v) is 5.68. The fraction of sp³-hybridized carbons (Fsp3) is 0.312. The van der Waals surface area contributed by atoms with Crippen LogP contribution in [0.3, 0.4) is 0 Å². The first kappa shape index (κ1) is 14.3. The number of carboxylic acid groups (broad SMARTS) is 1. The average molecular weight is 299 g/mol. The van der Waals surface area contributed by atoms with Gasteiger partial charge >= 0.3 is 5.97 Å². The van der Waals surface area contributed by atoms with Crippen molar-refractivity contribution >= 4 is 11.9 Å². The average Bonchev–Trinajstić information content (AvgIpc) is 3.22. The SMILES string of the molecule is CN(Cc1cnn(-c2ccccc2)c1)C(=O)C1(C(=O)O)CC1. The van der Waals surface area contributed by atoms with Crippen molar-refractivity contribution in [2.45, 2.75) is 19.4 Å². The van der Waals surface area contributed by atoms with Crippen LogP contribution in [0.1, 0.15) is 18.4 Å². The number of carbonyl (C=O) groups excluding carboxylic acids is 1. The molecule has 1 aliphatic rings. The van der Waals surface area contributed by atoms with Gasteiger partial charge in [-0.2, -0.15) is 5.10 Å². The smallest absolute Gasteiger partial charge is 0.319 e.